The summed E-state index contributed by atoms with van der Waals surface area (Å²) in [7, 11) is 0. The molecule has 2 N–H and O–H groups in total. The predicted molar refractivity (Wildman–Crippen MR) is 69.2 cm³/mol. The van der Waals surface area contributed by atoms with Crippen molar-refractivity contribution < 1.29 is 14.3 Å². The van der Waals surface area contributed by atoms with Crippen LogP contribution < -0.4 is 10.5 Å². The van der Waals surface area contributed by atoms with Gasteiger partial charge in [-0.05, 0) is 12.1 Å². The summed E-state index contributed by atoms with van der Waals surface area (Å²) in [5, 5.41) is 0. The van der Waals surface area contributed by atoms with Crippen molar-refractivity contribution in [2.45, 2.75) is 6.61 Å². The number of carbonyl (C=O) groups is 2. The Bertz CT molecular complexity index is 692. The summed E-state index contributed by atoms with van der Waals surface area (Å²) >= 11 is 0. The summed E-state index contributed by atoms with van der Waals surface area (Å²) in [5.74, 6) is -0.455. The normalized spacial score (nSPS) is 12.9. The van der Waals surface area contributed by atoms with Gasteiger partial charge in [0.2, 0.25) is 5.91 Å². The van der Waals surface area contributed by atoms with E-state index in [2.05, 4.69) is 0 Å². The quantitative estimate of drug-likeness (QED) is 0.844. The number of amides is 1. The number of fused-ring (bicyclic) bond motifs is 2. The van der Waals surface area contributed by atoms with Crippen molar-refractivity contribution in [2.24, 2.45) is 5.73 Å². The molecule has 2 aromatic rings. The molecule has 94 valence electrons. The number of benzene rings is 2. The number of primary amides is 1. The van der Waals surface area contributed by atoms with Gasteiger partial charge >= 0.3 is 0 Å². The Morgan fingerprint density at radius 1 is 1.11 bits per heavy atom. The first-order valence-corrected chi connectivity index (χ1v) is 5.86. The van der Waals surface area contributed by atoms with E-state index < -0.39 is 5.91 Å². The van der Waals surface area contributed by atoms with Crippen molar-refractivity contribution in [3.63, 3.8) is 0 Å². The van der Waals surface area contributed by atoms with Crippen molar-refractivity contribution >= 4 is 11.7 Å². The largest absolute Gasteiger partial charge is 0.488 e. The molecule has 0 spiro atoms. The van der Waals surface area contributed by atoms with Gasteiger partial charge < -0.3 is 10.5 Å². The molecular formula is C15H11NO3. The smallest absolute Gasteiger partial charge is 0.249 e. The molecule has 1 aliphatic rings. The number of hydrogen-bond donors (Lipinski definition) is 1. The molecule has 0 aromatic heterocycles. The van der Waals surface area contributed by atoms with Crippen LogP contribution in [0.5, 0.6) is 5.75 Å². The number of ketones is 1. The number of ether oxygens (including phenoxy) is 1. The lowest BCUT2D eigenvalue weighted by Gasteiger charge is -2.08. The van der Waals surface area contributed by atoms with Crippen LogP contribution in [0.3, 0.4) is 0 Å². The molecule has 4 nitrogen and oxygen atoms in total. The Hall–Kier alpha value is -2.62. The van der Waals surface area contributed by atoms with Crippen molar-refractivity contribution in [2.75, 3.05) is 0 Å². The van der Waals surface area contributed by atoms with E-state index in [1.165, 1.54) is 6.07 Å². The molecule has 0 radical (unpaired) electrons. The molecule has 1 amide bonds. The average molecular weight is 253 g/mol. The van der Waals surface area contributed by atoms with Gasteiger partial charge in [-0.2, -0.15) is 0 Å². The topological polar surface area (TPSA) is 69.4 Å². The molecule has 1 aliphatic heterocycles. The van der Waals surface area contributed by atoms with E-state index in [0.717, 1.165) is 5.56 Å². The summed E-state index contributed by atoms with van der Waals surface area (Å²) in [6, 6.07) is 12.1. The number of hydrogen-bond acceptors (Lipinski definition) is 3. The first-order chi connectivity index (χ1) is 9.18. The fourth-order valence-electron chi connectivity index (χ4n) is 2.25. The SMILES string of the molecule is NC(=O)c1cccc2c1C(=O)c1ccccc1CO2. The maximum atomic E-state index is 12.6. The van der Waals surface area contributed by atoms with Gasteiger partial charge in [0.15, 0.2) is 5.78 Å². The van der Waals surface area contributed by atoms with Crippen LogP contribution in [-0.4, -0.2) is 11.7 Å². The van der Waals surface area contributed by atoms with Crippen molar-refractivity contribution in [1.29, 1.82) is 0 Å². The molecule has 0 atom stereocenters. The Labute approximate surface area is 109 Å². The monoisotopic (exact) mass is 253 g/mol. The third kappa shape index (κ3) is 1.78. The highest BCUT2D eigenvalue weighted by Crippen LogP contribution is 2.30. The third-order valence-corrected chi connectivity index (χ3v) is 3.16. The van der Waals surface area contributed by atoms with Crippen molar-refractivity contribution in [1.82, 2.24) is 0 Å². The predicted octanol–water partition coefficient (Wildman–Crippen LogP) is 1.91. The van der Waals surface area contributed by atoms with Gasteiger partial charge in [0, 0.05) is 11.1 Å². The first kappa shape index (κ1) is 11.5. The molecule has 2 aromatic carbocycles. The molecule has 0 saturated heterocycles. The maximum absolute atomic E-state index is 12.6. The first-order valence-electron chi connectivity index (χ1n) is 5.86. The zero-order valence-electron chi connectivity index (χ0n) is 10.1. The summed E-state index contributed by atoms with van der Waals surface area (Å²) < 4.78 is 5.61. The molecule has 19 heavy (non-hydrogen) atoms. The second-order valence-corrected chi connectivity index (χ2v) is 4.32. The molecule has 0 fully saturated rings. The lowest BCUT2D eigenvalue weighted by molar-refractivity contribution is 0.0980. The molecule has 4 heteroatoms. The number of carbonyl (C=O) groups excluding carboxylic acids is 2. The van der Waals surface area contributed by atoms with E-state index in [0.29, 0.717) is 17.9 Å². The Balaban J connectivity index is 2.27. The van der Waals surface area contributed by atoms with Gasteiger partial charge in [-0.15, -0.1) is 0 Å². The minimum atomic E-state index is -0.631. The van der Waals surface area contributed by atoms with Gasteiger partial charge in [0.25, 0.3) is 0 Å². The highest BCUT2D eigenvalue weighted by Gasteiger charge is 2.26. The average Bonchev–Trinajstić information content (AvgIpc) is 2.57. The van der Waals surface area contributed by atoms with E-state index in [4.69, 9.17) is 10.5 Å². The summed E-state index contributed by atoms with van der Waals surface area (Å²) in [5.41, 5.74) is 7.12. The van der Waals surface area contributed by atoms with Crippen molar-refractivity contribution in [3.05, 3.63) is 64.7 Å². The highest BCUT2D eigenvalue weighted by atomic mass is 16.5. The molecule has 0 bridgehead atoms. The lowest BCUT2D eigenvalue weighted by Crippen LogP contribution is -2.17. The standard InChI is InChI=1S/C15H11NO3/c16-15(18)11-6-3-7-12-13(11)14(17)10-5-2-1-4-9(10)8-19-12/h1-7H,8H2,(H2,16,18). The van der Waals surface area contributed by atoms with Crippen LogP contribution in [0.1, 0.15) is 31.8 Å². The highest BCUT2D eigenvalue weighted by molar-refractivity contribution is 6.17. The van der Waals surface area contributed by atoms with Gasteiger partial charge in [0.05, 0.1) is 11.1 Å². The second-order valence-electron chi connectivity index (χ2n) is 4.32. The minimum Gasteiger partial charge on any atom is -0.488 e. The zero-order chi connectivity index (χ0) is 13.4. The lowest BCUT2D eigenvalue weighted by atomic mass is 9.95. The van der Waals surface area contributed by atoms with E-state index in [9.17, 15) is 9.59 Å². The molecule has 3 rings (SSSR count). The Morgan fingerprint density at radius 3 is 2.68 bits per heavy atom. The van der Waals surface area contributed by atoms with E-state index >= 15 is 0 Å². The Kier molecular flexibility index (Phi) is 2.56. The van der Waals surface area contributed by atoms with Crippen LogP contribution in [0.4, 0.5) is 0 Å². The van der Waals surface area contributed by atoms with Gasteiger partial charge in [-0.25, -0.2) is 0 Å². The summed E-state index contributed by atoms with van der Waals surface area (Å²) in [4.78, 5) is 24.0. The van der Waals surface area contributed by atoms with E-state index in [1.807, 2.05) is 12.1 Å². The molecule has 0 unspecified atom stereocenters. The molecular weight excluding hydrogens is 242 g/mol. The second kappa shape index (κ2) is 4.24. The fraction of sp³-hybridized carbons (Fsp3) is 0.0667. The minimum absolute atomic E-state index is 0.194. The van der Waals surface area contributed by atoms with E-state index in [-0.39, 0.29) is 16.9 Å². The molecule has 0 saturated carbocycles. The summed E-state index contributed by atoms with van der Waals surface area (Å²) in [6.45, 7) is 0.303. The number of nitrogens with two attached hydrogens (primary N) is 1. The molecule has 0 aliphatic carbocycles. The van der Waals surface area contributed by atoms with Crippen LogP contribution in [0.15, 0.2) is 42.5 Å². The zero-order valence-corrected chi connectivity index (χ0v) is 10.1. The number of rotatable bonds is 1. The van der Waals surface area contributed by atoms with E-state index in [1.54, 1.807) is 24.3 Å². The Morgan fingerprint density at radius 2 is 1.89 bits per heavy atom. The van der Waals surface area contributed by atoms with Crippen LogP contribution >= 0.6 is 0 Å². The van der Waals surface area contributed by atoms with Gasteiger partial charge in [0.1, 0.15) is 12.4 Å². The van der Waals surface area contributed by atoms with Gasteiger partial charge in [-0.1, -0.05) is 30.3 Å². The van der Waals surface area contributed by atoms with Crippen LogP contribution in [0, 0.1) is 0 Å². The maximum Gasteiger partial charge on any atom is 0.249 e. The van der Waals surface area contributed by atoms with Crippen LogP contribution in [-0.2, 0) is 6.61 Å². The van der Waals surface area contributed by atoms with Crippen LogP contribution in [0.25, 0.3) is 0 Å². The fourth-order valence-corrected chi connectivity index (χ4v) is 2.25. The third-order valence-electron chi connectivity index (χ3n) is 3.16. The van der Waals surface area contributed by atoms with Crippen LogP contribution in [0.2, 0.25) is 0 Å². The van der Waals surface area contributed by atoms with Gasteiger partial charge in [-0.3, -0.25) is 9.59 Å². The summed E-state index contributed by atoms with van der Waals surface area (Å²) in [6.07, 6.45) is 0. The van der Waals surface area contributed by atoms with Crippen molar-refractivity contribution in [3.8, 4) is 5.75 Å². The molecule has 1 heterocycles.